The van der Waals surface area contributed by atoms with Gasteiger partial charge in [-0.15, -0.1) is 0 Å². The Morgan fingerprint density at radius 2 is 1.45 bits per heavy atom. The number of nitrogens with zero attached hydrogens (tertiary/aromatic N) is 1. The summed E-state index contributed by atoms with van der Waals surface area (Å²) in [6.45, 7) is -2.16. The Hall–Kier alpha value is -0.270. The molecule has 0 aliphatic carbocycles. The molecule has 0 aromatic carbocycles. The maximum absolute atomic E-state index is 12.4. The normalized spacial score (nSPS) is 41.3. The average molecular weight is 766 g/mol. The van der Waals surface area contributed by atoms with Crippen LogP contribution in [0.1, 0.15) is 19.8 Å². The van der Waals surface area contributed by atoms with E-state index in [0.29, 0.717) is 0 Å². The van der Waals surface area contributed by atoms with Crippen molar-refractivity contribution in [1.82, 2.24) is 0 Å². The number of aliphatic carboxylic acids is 2. The van der Waals surface area contributed by atoms with E-state index in [2.05, 4.69) is 4.99 Å². The molecule has 25 heteroatoms. The molecule has 0 spiro atoms. The second kappa shape index (κ2) is 20.1. The number of aliphatic hydroxyl groups excluding tert-OH is 11. The third-order valence-corrected chi connectivity index (χ3v) is 8.29. The van der Waals surface area contributed by atoms with Crippen LogP contribution in [-0.2, 0) is 33.3 Å². The maximum Gasteiger partial charge on any atom is 1.00 e. The van der Waals surface area contributed by atoms with Gasteiger partial charge in [-0.2, -0.15) is 0 Å². The van der Waals surface area contributed by atoms with E-state index in [1.807, 2.05) is 0 Å². The second-order valence-electron chi connectivity index (χ2n) is 11.9. The van der Waals surface area contributed by atoms with Crippen molar-refractivity contribution in [2.45, 2.75) is 123 Å². The maximum atomic E-state index is 12.4. The molecule has 0 saturated carbocycles. The van der Waals surface area contributed by atoms with Gasteiger partial charge < -0.3 is 105 Å². The third-order valence-electron chi connectivity index (χ3n) is 8.29. The molecule has 3 heterocycles. The van der Waals surface area contributed by atoms with Crippen LogP contribution < -0.4 is 69.3 Å². The number of ether oxygens (including phenoxy) is 5. The molecule has 284 valence electrons. The van der Waals surface area contributed by atoms with Gasteiger partial charge >= 0.3 is 65.1 Å². The topological polar surface area (TPSA) is 402 Å². The fourth-order valence-electron chi connectivity index (χ4n) is 5.50. The van der Waals surface area contributed by atoms with E-state index in [0.717, 1.165) is 6.92 Å². The van der Waals surface area contributed by atoms with Gasteiger partial charge in [0.25, 0.3) is 5.79 Å². The van der Waals surface area contributed by atoms with Gasteiger partial charge in [-0.05, 0) is 12.8 Å². The van der Waals surface area contributed by atoms with Gasteiger partial charge in [0.05, 0.1) is 32.0 Å². The number of carbonyl (C=O) groups excluding carboxylic acids is 1. The van der Waals surface area contributed by atoms with Crippen LogP contribution in [0.5, 0.6) is 0 Å². The van der Waals surface area contributed by atoms with E-state index < -0.39 is 154 Å². The minimum absolute atomic E-state index is 0. The van der Waals surface area contributed by atoms with Gasteiger partial charge in [0, 0.05) is 12.8 Å². The molecule has 51 heavy (non-hydrogen) atoms. The second-order valence-corrected chi connectivity index (χ2v) is 11.9. The van der Waals surface area contributed by atoms with Gasteiger partial charge in [0.2, 0.25) is 5.79 Å². The van der Waals surface area contributed by atoms with Crippen LogP contribution in [0.15, 0.2) is 4.99 Å². The largest absolute Gasteiger partial charge is 1.00 e. The minimum atomic E-state index is -3.16. The number of rotatable bonds is 14. The number of carboxylic acids is 2. The first-order valence-corrected chi connectivity index (χ1v) is 14.8. The van der Waals surface area contributed by atoms with Gasteiger partial charge in [0.15, 0.2) is 6.29 Å². The molecule has 3 saturated heterocycles. The molecule has 3 aliphatic heterocycles. The molecule has 0 bridgehead atoms. The van der Waals surface area contributed by atoms with E-state index in [1.165, 1.54) is 0 Å². The first-order chi connectivity index (χ1) is 22.7. The number of carbonyl (C=O) groups is 2. The van der Waals surface area contributed by atoms with E-state index in [9.17, 15) is 86.2 Å². The minimum Gasteiger partial charge on any atom is -0.862 e. The number of aliphatic imine (C=N–C) groups is 1. The zero-order chi connectivity index (χ0) is 37.2. The van der Waals surface area contributed by atoms with Crippen molar-refractivity contribution in [1.29, 1.82) is 0 Å². The number of aliphatic hydroxyl groups is 12. The van der Waals surface area contributed by atoms with E-state index in [4.69, 9.17) is 23.7 Å². The summed E-state index contributed by atoms with van der Waals surface area (Å²) in [6, 6.07) is -1.64. The predicted octanol–water partition coefficient (Wildman–Crippen LogP) is -16.7. The molecule has 17 atom stereocenters. The Balaban J connectivity index is 0.00000650. The Morgan fingerprint density at radius 3 is 1.98 bits per heavy atom. The SMILES string of the molecule is CC([O-])=N[C@H]1[C@H]([C@H](O)[C@H](O)CO)O[C@@](OC[C@H]2O[C@@H](OC[C@@H](O)[C@@H](O)[C@@H]3O[C@](O)(C(=O)[O-])C[C@H](O)[C@H]3O)[C@H](O)[C@@H](O)[C@H]2O)(C(=O)O)C[C@@H]1O.[Na+].[Na+]. The Labute approximate surface area is 332 Å². The van der Waals surface area contributed by atoms with Crippen molar-refractivity contribution in [2.24, 2.45) is 4.99 Å². The molecular formula is C26H41NNa2O22. The molecule has 0 amide bonds. The van der Waals surface area contributed by atoms with Crippen LogP contribution in [0.2, 0.25) is 0 Å². The molecule has 0 aromatic heterocycles. The standard InChI is InChI=1S/C26H43NO22.2Na/c1-7(29)27-13-8(30)3-26(24(42)43,49-20(13)15(35)10(32)4-28)46-6-12-17(37)18(38)19(39)22(47-12)45-5-11(33)16(36)21-14(34)9(31)2-25(44,48-21)23(40)41;;/h8-22,28,30-39,44H,2-6H2,1H3,(H,27,29)(H,40,41)(H,42,43);;/q;2*+1/p-2/t8-,9-,10+,11+,12+,13+,14+,15+,16+,17-,18-,19+,20+,21+,22+,25-,26+;;/m0../s1. The van der Waals surface area contributed by atoms with Crippen LogP contribution in [0, 0.1) is 0 Å². The summed E-state index contributed by atoms with van der Waals surface area (Å²) in [6.07, 6.45) is -30.4. The Kier molecular flexibility index (Phi) is 19.2. The van der Waals surface area contributed by atoms with Crippen LogP contribution in [0.25, 0.3) is 0 Å². The monoisotopic (exact) mass is 765 g/mol. The molecule has 3 rings (SSSR count). The summed E-state index contributed by atoms with van der Waals surface area (Å²) in [5, 5.41) is 156. The smallest absolute Gasteiger partial charge is 0.862 e. The summed E-state index contributed by atoms with van der Waals surface area (Å²) in [5.74, 6) is -11.1. The molecular weight excluding hydrogens is 724 g/mol. The molecule has 13 N–H and O–H groups in total. The number of carboxylic acid groups (broad SMARTS) is 2. The summed E-state index contributed by atoms with van der Waals surface area (Å²) in [5.41, 5.74) is 0. The van der Waals surface area contributed by atoms with Gasteiger partial charge in [0.1, 0.15) is 79.2 Å². The number of hydrogen-bond acceptors (Lipinski definition) is 22. The summed E-state index contributed by atoms with van der Waals surface area (Å²) in [4.78, 5) is 27.2. The van der Waals surface area contributed by atoms with Crippen molar-refractivity contribution in [2.75, 3.05) is 19.8 Å². The van der Waals surface area contributed by atoms with Gasteiger partial charge in [-0.1, -0.05) is 0 Å². The van der Waals surface area contributed by atoms with Gasteiger partial charge in [-0.25, -0.2) is 4.79 Å². The molecule has 3 fully saturated rings. The fourth-order valence-corrected chi connectivity index (χ4v) is 5.50. The quantitative estimate of drug-likeness (QED) is 0.0443. The van der Waals surface area contributed by atoms with E-state index >= 15 is 0 Å². The molecule has 0 radical (unpaired) electrons. The third kappa shape index (κ3) is 11.2. The first-order valence-electron chi connectivity index (χ1n) is 14.8. The van der Waals surface area contributed by atoms with Crippen molar-refractivity contribution in [3.63, 3.8) is 0 Å². The van der Waals surface area contributed by atoms with Crippen LogP contribution in [-0.4, -0.2) is 207 Å². The average Bonchev–Trinajstić information content (AvgIpc) is 3.03. The van der Waals surface area contributed by atoms with E-state index in [1.54, 1.807) is 0 Å². The summed E-state index contributed by atoms with van der Waals surface area (Å²) < 4.78 is 26.1. The Bertz CT molecular complexity index is 1170. The zero-order valence-electron chi connectivity index (χ0n) is 27.6. The first kappa shape index (κ1) is 48.7. The molecule has 0 unspecified atom stereocenters. The van der Waals surface area contributed by atoms with Crippen LogP contribution in [0.4, 0.5) is 0 Å². The van der Waals surface area contributed by atoms with Crippen LogP contribution in [0.3, 0.4) is 0 Å². The molecule has 0 aromatic rings. The van der Waals surface area contributed by atoms with Crippen molar-refractivity contribution in [3.05, 3.63) is 0 Å². The van der Waals surface area contributed by atoms with E-state index in [-0.39, 0.29) is 59.1 Å². The number of hydrogen-bond donors (Lipinski definition) is 13. The predicted molar refractivity (Wildman–Crippen MR) is 144 cm³/mol. The van der Waals surface area contributed by atoms with Crippen molar-refractivity contribution < 1.29 is 169 Å². The zero-order valence-corrected chi connectivity index (χ0v) is 31.6. The summed E-state index contributed by atoms with van der Waals surface area (Å²) >= 11 is 0. The fraction of sp³-hybridized carbons (Fsp3) is 0.885. The van der Waals surface area contributed by atoms with Gasteiger partial charge in [-0.3, -0.25) is 4.99 Å². The summed E-state index contributed by atoms with van der Waals surface area (Å²) in [7, 11) is 0. The van der Waals surface area contributed by atoms with Crippen molar-refractivity contribution >= 4 is 17.8 Å². The molecule has 3 aliphatic rings. The van der Waals surface area contributed by atoms with Crippen LogP contribution >= 0.6 is 0 Å². The van der Waals surface area contributed by atoms with Crippen molar-refractivity contribution in [3.8, 4) is 0 Å². The molecule has 23 nitrogen and oxygen atoms in total. The Morgan fingerprint density at radius 1 is 0.863 bits per heavy atom.